The number of fused-ring (bicyclic) bond motifs is 1. The molecule has 0 bridgehead atoms. The predicted molar refractivity (Wildman–Crippen MR) is 121 cm³/mol. The molecular weight excluding hydrogens is 428 g/mol. The number of nitrogens with one attached hydrogen (secondary N) is 1. The summed E-state index contributed by atoms with van der Waals surface area (Å²) >= 11 is 6.01. The Kier molecular flexibility index (Phi) is 5.14. The second-order valence-electron chi connectivity index (χ2n) is 7.70. The summed E-state index contributed by atoms with van der Waals surface area (Å²) in [6, 6.07) is 13.2. The summed E-state index contributed by atoms with van der Waals surface area (Å²) < 4.78 is 9.24. The minimum absolute atomic E-state index is 0.0503. The van der Waals surface area contributed by atoms with Gasteiger partial charge in [-0.3, -0.25) is 4.79 Å². The summed E-state index contributed by atoms with van der Waals surface area (Å²) in [5.74, 6) is 0.326. The van der Waals surface area contributed by atoms with E-state index in [2.05, 4.69) is 20.6 Å². The zero-order valence-corrected chi connectivity index (χ0v) is 18.4. The SMILES string of the molecule is COc1cc(NC(=O)c2nnn3c2CC[C@@H]3c2ccc(Cl)cc2)ccc1-n1cnc(C)c1. The molecule has 1 amide bonds. The molecule has 1 N–H and O–H groups in total. The number of halogens is 1. The minimum atomic E-state index is -0.295. The normalized spacial score (nSPS) is 14.9. The van der Waals surface area contributed by atoms with Crippen molar-refractivity contribution in [2.45, 2.75) is 25.8 Å². The van der Waals surface area contributed by atoms with E-state index in [0.717, 1.165) is 35.5 Å². The summed E-state index contributed by atoms with van der Waals surface area (Å²) in [7, 11) is 1.59. The van der Waals surface area contributed by atoms with Gasteiger partial charge in [-0.1, -0.05) is 28.9 Å². The molecule has 1 atom stereocenters. The quantitative estimate of drug-likeness (QED) is 0.494. The van der Waals surface area contributed by atoms with Gasteiger partial charge in [-0.2, -0.15) is 0 Å². The summed E-state index contributed by atoms with van der Waals surface area (Å²) in [5.41, 5.74) is 4.63. The fourth-order valence-electron chi connectivity index (χ4n) is 4.07. The van der Waals surface area contributed by atoms with E-state index in [9.17, 15) is 4.79 Å². The van der Waals surface area contributed by atoms with E-state index in [1.54, 1.807) is 19.5 Å². The molecule has 0 fully saturated rings. The van der Waals surface area contributed by atoms with Gasteiger partial charge in [0.2, 0.25) is 0 Å². The maximum atomic E-state index is 13.0. The van der Waals surface area contributed by atoms with Crippen LogP contribution in [0.1, 0.15) is 39.9 Å². The van der Waals surface area contributed by atoms with Gasteiger partial charge in [-0.05, 0) is 49.6 Å². The molecule has 2 aromatic heterocycles. The number of methoxy groups -OCH3 is 1. The molecule has 0 aliphatic carbocycles. The molecule has 4 aromatic rings. The largest absolute Gasteiger partial charge is 0.494 e. The molecule has 0 unspecified atom stereocenters. The number of rotatable bonds is 5. The topological polar surface area (TPSA) is 86.9 Å². The van der Waals surface area contributed by atoms with Crippen molar-refractivity contribution in [1.29, 1.82) is 0 Å². The van der Waals surface area contributed by atoms with E-state index in [0.29, 0.717) is 22.2 Å². The standard InChI is InChI=1S/C23H21ClN6O2/c1-14-12-29(13-25-14)19-8-7-17(11-21(19)32-2)26-23(31)22-20-10-9-18(30(20)28-27-22)15-3-5-16(24)6-4-15/h3-8,11-13,18H,9-10H2,1-2H3,(H,26,31)/t18-/m1/s1. The molecule has 0 saturated carbocycles. The van der Waals surface area contributed by atoms with Gasteiger partial charge in [-0.25, -0.2) is 9.67 Å². The van der Waals surface area contributed by atoms with Crippen LogP contribution in [0.4, 0.5) is 5.69 Å². The van der Waals surface area contributed by atoms with Crippen LogP contribution in [-0.2, 0) is 6.42 Å². The second kappa shape index (κ2) is 8.12. The van der Waals surface area contributed by atoms with Gasteiger partial charge in [0, 0.05) is 23.0 Å². The summed E-state index contributed by atoms with van der Waals surface area (Å²) in [5, 5.41) is 12.0. The second-order valence-corrected chi connectivity index (χ2v) is 8.13. The van der Waals surface area contributed by atoms with Crippen molar-refractivity contribution < 1.29 is 9.53 Å². The van der Waals surface area contributed by atoms with Crippen LogP contribution in [0.25, 0.3) is 5.69 Å². The summed E-state index contributed by atoms with van der Waals surface area (Å²) in [4.78, 5) is 17.2. The molecule has 2 aromatic carbocycles. The number of nitrogens with zero attached hydrogens (tertiary/aromatic N) is 5. The maximum Gasteiger partial charge on any atom is 0.278 e. The van der Waals surface area contributed by atoms with Gasteiger partial charge in [0.1, 0.15) is 5.75 Å². The number of hydrogen-bond acceptors (Lipinski definition) is 5. The van der Waals surface area contributed by atoms with E-state index in [4.69, 9.17) is 16.3 Å². The monoisotopic (exact) mass is 448 g/mol. The Morgan fingerprint density at radius 2 is 2.03 bits per heavy atom. The smallest absolute Gasteiger partial charge is 0.278 e. The van der Waals surface area contributed by atoms with E-state index in [1.165, 1.54) is 0 Å². The highest BCUT2D eigenvalue weighted by molar-refractivity contribution is 6.30. The number of aromatic nitrogens is 5. The molecule has 5 rings (SSSR count). The fourth-order valence-corrected chi connectivity index (χ4v) is 4.20. The highest BCUT2D eigenvalue weighted by Gasteiger charge is 2.30. The molecule has 1 aliphatic rings. The highest BCUT2D eigenvalue weighted by Crippen LogP contribution is 2.33. The van der Waals surface area contributed by atoms with Crippen LogP contribution in [-0.4, -0.2) is 37.6 Å². The van der Waals surface area contributed by atoms with Crippen molar-refractivity contribution in [3.63, 3.8) is 0 Å². The van der Waals surface area contributed by atoms with Crippen molar-refractivity contribution in [2.75, 3.05) is 12.4 Å². The Morgan fingerprint density at radius 1 is 1.22 bits per heavy atom. The lowest BCUT2D eigenvalue weighted by Gasteiger charge is -2.12. The lowest BCUT2D eigenvalue weighted by atomic mass is 10.1. The predicted octanol–water partition coefficient (Wildman–Crippen LogP) is 4.22. The van der Waals surface area contributed by atoms with Crippen LogP contribution in [0.2, 0.25) is 5.02 Å². The molecule has 1 aliphatic heterocycles. The number of carbonyl (C=O) groups is 1. The highest BCUT2D eigenvalue weighted by atomic mass is 35.5. The Labute approximate surface area is 189 Å². The number of carbonyl (C=O) groups excluding carboxylic acids is 1. The first-order valence-corrected chi connectivity index (χ1v) is 10.6. The Bertz CT molecular complexity index is 1290. The number of amides is 1. The average Bonchev–Trinajstić information content (AvgIpc) is 3.51. The number of hydrogen-bond donors (Lipinski definition) is 1. The zero-order valence-electron chi connectivity index (χ0n) is 17.6. The first-order valence-electron chi connectivity index (χ1n) is 10.2. The molecule has 8 nitrogen and oxygen atoms in total. The van der Waals surface area contributed by atoms with Crippen molar-refractivity contribution in [1.82, 2.24) is 24.5 Å². The van der Waals surface area contributed by atoms with Crippen LogP contribution < -0.4 is 10.1 Å². The maximum absolute atomic E-state index is 13.0. The van der Waals surface area contributed by atoms with Crippen molar-refractivity contribution >= 4 is 23.2 Å². The van der Waals surface area contributed by atoms with Gasteiger partial charge in [0.05, 0.1) is 36.6 Å². The lowest BCUT2D eigenvalue weighted by Crippen LogP contribution is -2.14. The molecular formula is C23H21ClN6O2. The van der Waals surface area contributed by atoms with Crippen molar-refractivity contribution in [3.05, 3.63) is 82.7 Å². The lowest BCUT2D eigenvalue weighted by molar-refractivity contribution is 0.102. The molecule has 0 saturated heterocycles. The summed E-state index contributed by atoms with van der Waals surface area (Å²) in [6.07, 6.45) is 5.22. The van der Waals surface area contributed by atoms with E-state index >= 15 is 0 Å². The molecule has 0 spiro atoms. The first kappa shape index (κ1) is 20.3. The number of aryl methyl sites for hydroxylation is 1. The zero-order chi connectivity index (χ0) is 22.2. The number of ether oxygens (including phenoxy) is 1. The van der Waals surface area contributed by atoms with Gasteiger partial charge in [0.25, 0.3) is 5.91 Å². The number of anilines is 1. The summed E-state index contributed by atoms with van der Waals surface area (Å²) in [6.45, 7) is 1.92. The van der Waals surface area contributed by atoms with Gasteiger partial charge in [-0.15, -0.1) is 5.10 Å². The van der Waals surface area contributed by atoms with Crippen molar-refractivity contribution in [2.24, 2.45) is 0 Å². The van der Waals surface area contributed by atoms with Crippen LogP contribution >= 0.6 is 11.6 Å². The molecule has 3 heterocycles. The third-order valence-electron chi connectivity index (χ3n) is 5.64. The molecule has 0 radical (unpaired) electrons. The Balaban J connectivity index is 1.37. The minimum Gasteiger partial charge on any atom is -0.494 e. The van der Waals surface area contributed by atoms with Crippen LogP contribution in [0.3, 0.4) is 0 Å². The van der Waals surface area contributed by atoms with E-state index in [1.807, 2.05) is 58.8 Å². The van der Waals surface area contributed by atoms with Crippen LogP contribution in [0, 0.1) is 6.92 Å². The molecule has 162 valence electrons. The molecule has 9 heteroatoms. The average molecular weight is 449 g/mol. The van der Waals surface area contributed by atoms with Crippen LogP contribution in [0.5, 0.6) is 5.75 Å². The fraction of sp³-hybridized carbons (Fsp3) is 0.217. The molecule has 32 heavy (non-hydrogen) atoms. The number of benzene rings is 2. The van der Waals surface area contributed by atoms with Gasteiger partial charge >= 0.3 is 0 Å². The third kappa shape index (κ3) is 3.62. The number of imidazole rings is 1. The van der Waals surface area contributed by atoms with Crippen LogP contribution in [0.15, 0.2) is 55.0 Å². The third-order valence-corrected chi connectivity index (χ3v) is 5.89. The van der Waals surface area contributed by atoms with Gasteiger partial charge < -0.3 is 14.6 Å². The van der Waals surface area contributed by atoms with E-state index < -0.39 is 0 Å². The Morgan fingerprint density at radius 3 is 2.75 bits per heavy atom. The first-order chi connectivity index (χ1) is 15.5. The van der Waals surface area contributed by atoms with E-state index in [-0.39, 0.29) is 11.9 Å². The Hall–Kier alpha value is -3.65. The van der Waals surface area contributed by atoms with Gasteiger partial charge in [0.15, 0.2) is 5.69 Å². The van der Waals surface area contributed by atoms with Crippen molar-refractivity contribution in [3.8, 4) is 11.4 Å².